The summed E-state index contributed by atoms with van der Waals surface area (Å²) in [5.74, 6) is 2.03. The number of thioether (sulfide) groups is 1. The average molecular weight is 421 g/mol. The van der Waals surface area contributed by atoms with Crippen molar-refractivity contribution >= 4 is 35.0 Å². The molecule has 0 aliphatic carbocycles. The van der Waals surface area contributed by atoms with Gasteiger partial charge in [0.15, 0.2) is 0 Å². The molecule has 0 atom stereocenters. The molecule has 0 fully saturated rings. The van der Waals surface area contributed by atoms with Gasteiger partial charge in [-0.25, -0.2) is 4.39 Å². The second-order valence-corrected chi connectivity index (χ2v) is 7.66. The number of ether oxygens (including phenoxy) is 2. The Bertz CT molecular complexity index is 1090. The van der Waals surface area contributed by atoms with Gasteiger partial charge in [0.25, 0.3) is 0 Å². The Morgan fingerprint density at radius 1 is 0.933 bits per heavy atom. The maximum absolute atomic E-state index is 13.8. The van der Waals surface area contributed by atoms with E-state index in [0.29, 0.717) is 5.75 Å². The number of hydrogen-bond donors (Lipinski definition) is 1. The molecule has 0 bridgehead atoms. The fourth-order valence-electron chi connectivity index (χ4n) is 3.11. The molecular weight excluding hydrogens is 399 g/mol. The Hall–Kier alpha value is -3.25. The van der Waals surface area contributed by atoms with Gasteiger partial charge in [-0.3, -0.25) is 4.99 Å². The molecule has 0 radical (unpaired) electrons. The van der Waals surface area contributed by atoms with Crippen molar-refractivity contribution in [3.63, 3.8) is 0 Å². The van der Waals surface area contributed by atoms with Gasteiger partial charge in [-0.1, -0.05) is 0 Å². The standard InChI is InChI=1S/C24H21FN2O2S/c1-28-20-8-4-18(5-9-20)26-14-16-15-30-23-13-17(25)3-12-22(23)24(16)27-19-6-10-21(29-2)11-7-19/h3-14,27H,15H2,1-2H3. The second kappa shape index (κ2) is 9.05. The molecule has 30 heavy (non-hydrogen) atoms. The zero-order valence-corrected chi connectivity index (χ0v) is 17.5. The summed E-state index contributed by atoms with van der Waals surface area (Å²) in [4.78, 5) is 5.54. The fourth-order valence-corrected chi connectivity index (χ4v) is 4.16. The number of benzene rings is 3. The van der Waals surface area contributed by atoms with Gasteiger partial charge in [0, 0.05) is 33.7 Å². The van der Waals surface area contributed by atoms with E-state index < -0.39 is 0 Å². The smallest absolute Gasteiger partial charge is 0.124 e. The van der Waals surface area contributed by atoms with E-state index in [9.17, 15) is 4.39 Å². The first kappa shape index (κ1) is 20.0. The van der Waals surface area contributed by atoms with E-state index >= 15 is 0 Å². The van der Waals surface area contributed by atoms with Crippen LogP contribution in [0.15, 0.2) is 82.2 Å². The number of halogens is 1. The molecule has 1 aliphatic heterocycles. The number of hydrogen-bond acceptors (Lipinski definition) is 5. The first-order valence-corrected chi connectivity index (χ1v) is 10.4. The molecule has 0 spiro atoms. The zero-order valence-electron chi connectivity index (χ0n) is 16.7. The highest BCUT2D eigenvalue weighted by Crippen LogP contribution is 2.38. The van der Waals surface area contributed by atoms with E-state index in [2.05, 4.69) is 10.3 Å². The number of nitrogens with one attached hydrogen (secondary N) is 1. The van der Waals surface area contributed by atoms with Crippen molar-refractivity contribution < 1.29 is 13.9 Å². The van der Waals surface area contributed by atoms with Crippen LogP contribution in [-0.2, 0) is 0 Å². The Kier molecular flexibility index (Phi) is 6.05. The molecule has 0 saturated carbocycles. The first-order chi connectivity index (χ1) is 14.7. The van der Waals surface area contributed by atoms with Crippen molar-refractivity contribution in [3.8, 4) is 11.5 Å². The number of fused-ring (bicyclic) bond motifs is 1. The van der Waals surface area contributed by atoms with Crippen LogP contribution in [0.3, 0.4) is 0 Å². The van der Waals surface area contributed by atoms with Gasteiger partial charge in [0.05, 0.1) is 25.6 Å². The third-order valence-electron chi connectivity index (χ3n) is 4.72. The Labute approximate surface area is 179 Å². The molecule has 4 rings (SSSR count). The fraction of sp³-hybridized carbons (Fsp3) is 0.125. The predicted octanol–water partition coefficient (Wildman–Crippen LogP) is 6.17. The van der Waals surface area contributed by atoms with Gasteiger partial charge in [0.1, 0.15) is 17.3 Å². The number of aliphatic imine (C=N–C) groups is 1. The van der Waals surface area contributed by atoms with Crippen LogP contribution in [-0.4, -0.2) is 26.2 Å². The molecule has 1 N–H and O–H groups in total. The van der Waals surface area contributed by atoms with Crippen molar-refractivity contribution in [2.45, 2.75) is 4.90 Å². The quantitative estimate of drug-likeness (QED) is 0.484. The monoisotopic (exact) mass is 420 g/mol. The van der Waals surface area contributed by atoms with Crippen LogP contribution >= 0.6 is 11.8 Å². The minimum atomic E-state index is -0.236. The first-order valence-electron chi connectivity index (χ1n) is 9.41. The zero-order chi connectivity index (χ0) is 20.9. The predicted molar refractivity (Wildman–Crippen MR) is 122 cm³/mol. The summed E-state index contributed by atoms with van der Waals surface area (Å²) in [6, 6.07) is 20.2. The summed E-state index contributed by atoms with van der Waals surface area (Å²) in [6.07, 6.45) is 1.87. The maximum Gasteiger partial charge on any atom is 0.124 e. The van der Waals surface area contributed by atoms with E-state index in [1.165, 1.54) is 6.07 Å². The van der Waals surface area contributed by atoms with E-state index in [1.807, 2.05) is 60.8 Å². The van der Waals surface area contributed by atoms with Crippen LogP contribution in [0.1, 0.15) is 5.56 Å². The van der Waals surface area contributed by atoms with Gasteiger partial charge in [0.2, 0.25) is 0 Å². The Morgan fingerprint density at radius 2 is 1.60 bits per heavy atom. The molecule has 0 aromatic heterocycles. The summed E-state index contributed by atoms with van der Waals surface area (Å²) < 4.78 is 24.2. The van der Waals surface area contributed by atoms with E-state index in [1.54, 1.807) is 32.0 Å². The van der Waals surface area contributed by atoms with Gasteiger partial charge in [-0.2, -0.15) is 0 Å². The lowest BCUT2D eigenvalue weighted by Crippen LogP contribution is -2.11. The van der Waals surface area contributed by atoms with Crippen molar-refractivity contribution in [3.05, 3.63) is 83.7 Å². The molecule has 152 valence electrons. The number of methoxy groups -OCH3 is 2. The van der Waals surface area contributed by atoms with Crippen LogP contribution in [0, 0.1) is 5.82 Å². The van der Waals surface area contributed by atoms with Gasteiger partial charge in [-0.05, 0) is 66.7 Å². The second-order valence-electron chi connectivity index (χ2n) is 6.64. The van der Waals surface area contributed by atoms with Crippen LogP contribution in [0.5, 0.6) is 11.5 Å². The van der Waals surface area contributed by atoms with Crippen LogP contribution in [0.25, 0.3) is 5.70 Å². The lowest BCUT2D eigenvalue weighted by molar-refractivity contribution is 0.415. The molecule has 6 heteroatoms. The van der Waals surface area contributed by atoms with Gasteiger partial charge < -0.3 is 14.8 Å². The summed E-state index contributed by atoms with van der Waals surface area (Å²) in [6.45, 7) is 0. The van der Waals surface area contributed by atoms with Crippen molar-refractivity contribution in [1.29, 1.82) is 0 Å². The molecule has 1 aliphatic rings. The maximum atomic E-state index is 13.8. The number of anilines is 1. The SMILES string of the molecule is COc1ccc(N=CC2=C(Nc3ccc(OC)cc3)c3ccc(F)cc3SC2)cc1. The highest BCUT2D eigenvalue weighted by atomic mass is 32.2. The topological polar surface area (TPSA) is 42.8 Å². The normalized spacial score (nSPS) is 13.3. The van der Waals surface area contributed by atoms with Crippen LogP contribution in [0.4, 0.5) is 15.8 Å². The van der Waals surface area contributed by atoms with Crippen LogP contribution in [0.2, 0.25) is 0 Å². The third-order valence-corrected chi connectivity index (χ3v) is 5.82. The highest BCUT2D eigenvalue weighted by Gasteiger charge is 2.19. The van der Waals surface area contributed by atoms with Gasteiger partial charge in [-0.15, -0.1) is 11.8 Å². The summed E-state index contributed by atoms with van der Waals surface area (Å²) in [7, 11) is 3.28. The van der Waals surface area contributed by atoms with Crippen LogP contribution < -0.4 is 14.8 Å². The molecule has 0 saturated heterocycles. The highest BCUT2D eigenvalue weighted by molar-refractivity contribution is 7.99. The Morgan fingerprint density at radius 3 is 2.27 bits per heavy atom. The average Bonchev–Trinajstić information content (AvgIpc) is 2.79. The molecular formula is C24H21FN2O2S. The summed E-state index contributed by atoms with van der Waals surface area (Å²) in [5.41, 5.74) is 4.67. The number of nitrogens with zero attached hydrogens (tertiary/aromatic N) is 1. The molecule has 1 heterocycles. The molecule has 3 aromatic rings. The molecule has 0 amide bonds. The third kappa shape index (κ3) is 4.49. The van der Waals surface area contributed by atoms with E-state index in [0.717, 1.165) is 44.6 Å². The van der Waals surface area contributed by atoms with Crippen molar-refractivity contribution in [2.75, 3.05) is 25.3 Å². The largest absolute Gasteiger partial charge is 0.497 e. The van der Waals surface area contributed by atoms with Crippen molar-refractivity contribution in [2.24, 2.45) is 4.99 Å². The minimum Gasteiger partial charge on any atom is -0.497 e. The minimum absolute atomic E-state index is 0.236. The van der Waals surface area contributed by atoms with Crippen molar-refractivity contribution in [1.82, 2.24) is 0 Å². The summed E-state index contributed by atoms with van der Waals surface area (Å²) in [5, 5.41) is 3.49. The molecule has 0 unspecified atom stereocenters. The number of rotatable bonds is 6. The molecule has 3 aromatic carbocycles. The Balaban J connectivity index is 1.70. The van der Waals surface area contributed by atoms with E-state index in [4.69, 9.17) is 9.47 Å². The summed E-state index contributed by atoms with van der Waals surface area (Å²) >= 11 is 1.60. The van der Waals surface area contributed by atoms with Gasteiger partial charge >= 0.3 is 0 Å². The molecule has 4 nitrogen and oxygen atoms in total. The van der Waals surface area contributed by atoms with E-state index in [-0.39, 0.29) is 5.82 Å². The lowest BCUT2D eigenvalue weighted by Gasteiger charge is -2.23. The lowest BCUT2D eigenvalue weighted by atomic mass is 10.1.